The molecule has 2 rings (SSSR count). The standard InChI is InChI=1S/C10H8BrNO/c11-7-2-1-3-8(13)9(7)10(6-12)4-5-10/h1-3,13H,4-5H2. The molecule has 2 nitrogen and oxygen atoms in total. The maximum Gasteiger partial charge on any atom is 0.121 e. The van der Waals surface area contributed by atoms with Gasteiger partial charge in [-0.1, -0.05) is 22.0 Å². The van der Waals surface area contributed by atoms with Gasteiger partial charge in [-0.25, -0.2) is 0 Å². The van der Waals surface area contributed by atoms with Crippen molar-refractivity contribution in [3.8, 4) is 11.8 Å². The lowest BCUT2D eigenvalue weighted by Crippen LogP contribution is -2.03. The first-order valence-corrected chi connectivity index (χ1v) is 4.88. The van der Waals surface area contributed by atoms with Gasteiger partial charge in [0, 0.05) is 10.0 Å². The van der Waals surface area contributed by atoms with E-state index in [9.17, 15) is 5.11 Å². The van der Waals surface area contributed by atoms with Crippen LogP contribution in [-0.4, -0.2) is 5.11 Å². The number of rotatable bonds is 1. The second-order valence-corrected chi connectivity index (χ2v) is 4.18. The number of benzene rings is 1. The van der Waals surface area contributed by atoms with Crippen LogP contribution in [0.1, 0.15) is 18.4 Å². The van der Waals surface area contributed by atoms with E-state index in [4.69, 9.17) is 5.26 Å². The summed E-state index contributed by atoms with van der Waals surface area (Å²) in [6, 6.07) is 7.50. The fraction of sp³-hybridized carbons (Fsp3) is 0.300. The van der Waals surface area contributed by atoms with E-state index in [1.165, 1.54) is 0 Å². The number of hydrogen-bond donors (Lipinski definition) is 1. The number of phenolic OH excluding ortho intramolecular Hbond substituents is 1. The van der Waals surface area contributed by atoms with Crippen LogP contribution < -0.4 is 0 Å². The van der Waals surface area contributed by atoms with E-state index < -0.39 is 5.41 Å². The minimum Gasteiger partial charge on any atom is -0.508 e. The second kappa shape index (κ2) is 2.74. The molecular weight excluding hydrogens is 230 g/mol. The normalized spacial score (nSPS) is 17.8. The SMILES string of the molecule is N#CC1(c2c(O)cccc2Br)CC1. The van der Waals surface area contributed by atoms with Crippen LogP contribution in [0.5, 0.6) is 5.75 Å². The van der Waals surface area contributed by atoms with Crippen LogP contribution in [0.2, 0.25) is 0 Å². The third-order valence-corrected chi connectivity index (χ3v) is 3.10. The number of halogens is 1. The van der Waals surface area contributed by atoms with E-state index in [2.05, 4.69) is 22.0 Å². The van der Waals surface area contributed by atoms with Gasteiger partial charge in [0.15, 0.2) is 0 Å². The van der Waals surface area contributed by atoms with Gasteiger partial charge in [-0.05, 0) is 25.0 Å². The van der Waals surface area contributed by atoms with E-state index in [1.807, 2.05) is 6.07 Å². The molecule has 0 saturated heterocycles. The van der Waals surface area contributed by atoms with Crippen LogP contribution in [0.15, 0.2) is 22.7 Å². The number of aromatic hydroxyl groups is 1. The van der Waals surface area contributed by atoms with Gasteiger partial charge in [-0.2, -0.15) is 5.26 Å². The van der Waals surface area contributed by atoms with Gasteiger partial charge in [-0.3, -0.25) is 0 Å². The van der Waals surface area contributed by atoms with Crippen molar-refractivity contribution in [1.29, 1.82) is 5.26 Å². The van der Waals surface area contributed by atoms with Crippen molar-refractivity contribution in [2.45, 2.75) is 18.3 Å². The monoisotopic (exact) mass is 237 g/mol. The molecule has 0 aliphatic heterocycles. The Morgan fingerprint density at radius 3 is 2.62 bits per heavy atom. The van der Waals surface area contributed by atoms with Crippen LogP contribution in [-0.2, 0) is 5.41 Å². The molecule has 0 unspecified atom stereocenters. The van der Waals surface area contributed by atoms with Crippen molar-refractivity contribution in [2.75, 3.05) is 0 Å². The number of phenols is 1. The van der Waals surface area contributed by atoms with E-state index in [1.54, 1.807) is 12.1 Å². The predicted molar refractivity (Wildman–Crippen MR) is 52.3 cm³/mol. The summed E-state index contributed by atoms with van der Waals surface area (Å²) in [6.45, 7) is 0. The van der Waals surface area contributed by atoms with Gasteiger partial charge in [0.05, 0.1) is 11.5 Å². The van der Waals surface area contributed by atoms with Gasteiger partial charge in [0.1, 0.15) is 5.75 Å². The Balaban J connectivity index is 2.58. The summed E-state index contributed by atoms with van der Waals surface area (Å²) >= 11 is 3.35. The maximum atomic E-state index is 9.62. The number of nitriles is 1. The summed E-state index contributed by atoms with van der Waals surface area (Å²) < 4.78 is 0.826. The predicted octanol–water partition coefficient (Wildman–Crippen LogP) is 2.71. The van der Waals surface area contributed by atoms with Gasteiger partial charge in [-0.15, -0.1) is 0 Å². The molecule has 13 heavy (non-hydrogen) atoms. The molecule has 1 fully saturated rings. The summed E-state index contributed by atoms with van der Waals surface area (Å²) in [6.07, 6.45) is 1.69. The van der Waals surface area contributed by atoms with Crippen molar-refractivity contribution < 1.29 is 5.11 Å². The van der Waals surface area contributed by atoms with Crippen molar-refractivity contribution in [2.24, 2.45) is 0 Å². The average molecular weight is 238 g/mol. The molecule has 66 valence electrons. The third kappa shape index (κ3) is 1.22. The first kappa shape index (κ1) is 8.58. The average Bonchev–Trinajstić information content (AvgIpc) is 2.85. The highest BCUT2D eigenvalue weighted by molar-refractivity contribution is 9.10. The van der Waals surface area contributed by atoms with Gasteiger partial charge in [0.2, 0.25) is 0 Å². The molecule has 0 aromatic heterocycles. The van der Waals surface area contributed by atoms with Gasteiger partial charge >= 0.3 is 0 Å². The number of hydrogen-bond acceptors (Lipinski definition) is 2. The van der Waals surface area contributed by atoms with Gasteiger partial charge < -0.3 is 5.11 Å². The van der Waals surface area contributed by atoms with E-state index in [0.29, 0.717) is 0 Å². The minimum atomic E-state index is -0.426. The van der Waals surface area contributed by atoms with Crippen molar-refractivity contribution in [3.63, 3.8) is 0 Å². The summed E-state index contributed by atoms with van der Waals surface area (Å²) in [7, 11) is 0. The quantitative estimate of drug-likeness (QED) is 0.817. The molecule has 1 aromatic rings. The molecule has 0 bridgehead atoms. The number of nitrogens with zero attached hydrogens (tertiary/aromatic N) is 1. The Morgan fingerprint density at radius 1 is 1.46 bits per heavy atom. The summed E-state index contributed by atoms with van der Waals surface area (Å²) in [4.78, 5) is 0. The Bertz CT molecular complexity index is 370. The molecule has 1 N–H and O–H groups in total. The van der Waals surface area contributed by atoms with Crippen molar-refractivity contribution >= 4 is 15.9 Å². The zero-order valence-corrected chi connectivity index (χ0v) is 8.50. The highest BCUT2D eigenvalue weighted by Crippen LogP contribution is 2.52. The highest BCUT2D eigenvalue weighted by Gasteiger charge is 2.47. The molecule has 3 heteroatoms. The lowest BCUT2D eigenvalue weighted by Gasteiger charge is -2.10. The summed E-state index contributed by atoms with van der Waals surface area (Å²) in [5.74, 6) is 0.216. The Kier molecular flexibility index (Phi) is 1.81. The van der Waals surface area contributed by atoms with Crippen LogP contribution in [0.25, 0.3) is 0 Å². The van der Waals surface area contributed by atoms with Crippen molar-refractivity contribution in [3.05, 3.63) is 28.2 Å². The topological polar surface area (TPSA) is 44.0 Å². The molecule has 0 heterocycles. The Labute approximate surface area is 84.9 Å². The van der Waals surface area contributed by atoms with Crippen LogP contribution in [0.3, 0.4) is 0 Å². The molecule has 1 aliphatic carbocycles. The van der Waals surface area contributed by atoms with Crippen LogP contribution >= 0.6 is 15.9 Å². The van der Waals surface area contributed by atoms with Crippen molar-refractivity contribution in [1.82, 2.24) is 0 Å². The summed E-state index contributed by atoms with van der Waals surface area (Å²) in [5.41, 5.74) is 0.321. The molecule has 1 saturated carbocycles. The highest BCUT2D eigenvalue weighted by atomic mass is 79.9. The molecule has 1 aliphatic rings. The second-order valence-electron chi connectivity index (χ2n) is 3.33. The molecule has 0 amide bonds. The zero-order chi connectivity index (χ0) is 9.47. The molecule has 0 spiro atoms. The zero-order valence-electron chi connectivity index (χ0n) is 6.92. The summed E-state index contributed by atoms with van der Waals surface area (Å²) in [5, 5.41) is 18.6. The van der Waals surface area contributed by atoms with E-state index in [-0.39, 0.29) is 5.75 Å². The third-order valence-electron chi connectivity index (χ3n) is 2.43. The lowest BCUT2D eigenvalue weighted by atomic mass is 9.97. The smallest absolute Gasteiger partial charge is 0.121 e. The molecule has 0 radical (unpaired) electrons. The van der Waals surface area contributed by atoms with E-state index in [0.717, 1.165) is 22.9 Å². The molecular formula is C10H8BrNO. The molecule has 0 atom stereocenters. The fourth-order valence-corrected chi connectivity index (χ4v) is 2.26. The molecule has 1 aromatic carbocycles. The Hall–Kier alpha value is -1.01. The van der Waals surface area contributed by atoms with Crippen LogP contribution in [0, 0.1) is 11.3 Å². The Morgan fingerprint density at radius 2 is 2.15 bits per heavy atom. The first-order valence-electron chi connectivity index (χ1n) is 4.09. The largest absolute Gasteiger partial charge is 0.508 e. The minimum absolute atomic E-state index is 0.216. The van der Waals surface area contributed by atoms with Crippen LogP contribution in [0.4, 0.5) is 0 Å². The first-order chi connectivity index (χ1) is 6.19. The lowest BCUT2D eigenvalue weighted by molar-refractivity contribution is 0.464. The maximum absolute atomic E-state index is 9.62. The van der Waals surface area contributed by atoms with E-state index >= 15 is 0 Å². The fourth-order valence-electron chi connectivity index (χ4n) is 1.53. The van der Waals surface area contributed by atoms with Gasteiger partial charge in [0.25, 0.3) is 0 Å².